The summed E-state index contributed by atoms with van der Waals surface area (Å²) >= 11 is 3.89. The van der Waals surface area contributed by atoms with Crippen molar-refractivity contribution in [2.24, 2.45) is 0 Å². The van der Waals surface area contributed by atoms with Crippen molar-refractivity contribution >= 4 is 28.2 Å². The van der Waals surface area contributed by atoms with Gasteiger partial charge in [0.2, 0.25) is 0 Å². The van der Waals surface area contributed by atoms with Gasteiger partial charge in [0.05, 0.1) is 5.69 Å². The van der Waals surface area contributed by atoms with Crippen LogP contribution in [-0.2, 0) is 6.54 Å². The van der Waals surface area contributed by atoms with Crippen LogP contribution in [0.25, 0.3) is 0 Å². The number of anilines is 1. The number of hydrogen-bond acceptors (Lipinski definition) is 5. The SMILES string of the molecule is CCNCc1sc(N2CCSCC2)nc1C. The lowest BCUT2D eigenvalue weighted by molar-refractivity contribution is 0.731. The van der Waals surface area contributed by atoms with Crippen LogP contribution in [0.15, 0.2) is 0 Å². The Bertz CT molecular complexity index is 332. The second kappa shape index (κ2) is 5.89. The van der Waals surface area contributed by atoms with Crippen molar-refractivity contribution in [2.75, 3.05) is 36.0 Å². The van der Waals surface area contributed by atoms with Crippen LogP contribution >= 0.6 is 23.1 Å². The van der Waals surface area contributed by atoms with Gasteiger partial charge in [-0.05, 0) is 13.5 Å². The predicted octanol–water partition coefficient (Wildman–Crippen LogP) is 2.11. The molecule has 0 aromatic carbocycles. The molecule has 1 fully saturated rings. The van der Waals surface area contributed by atoms with Crippen LogP contribution in [-0.4, -0.2) is 36.1 Å². The van der Waals surface area contributed by atoms with E-state index in [0.717, 1.165) is 26.2 Å². The van der Waals surface area contributed by atoms with Gasteiger partial charge in [-0.1, -0.05) is 6.92 Å². The highest BCUT2D eigenvalue weighted by Gasteiger charge is 2.16. The first-order valence-electron chi connectivity index (χ1n) is 5.81. The summed E-state index contributed by atoms with van der Waals surface area (Å²) in [5.74, 6) is 2.47. The zero-order chi connectivity index (χ0) is 11.4. The third-order valence-electron chi connectivity index (χ3n) is 2.70. The van der Waals surface area contributed by atoms with Crippen molar-refractivity contribution in [2.45, 2.75) is 20.4 Å². The molecule has 5 heteroatoms. The Hall–Kier alpha value is -0.260. The molecule has 1 aliphatic heterocycles. The van der Waals surface area contributed by atoms with Gasteiger partial charge in [0.1, 0.15) is 0 Å². The number of aryl methyl sites for hydroxylation is 1. The van der Waals surface area contributed by atoms with Gasteiger partial charge in [-0.2, -0.15) is 11.8 Å². The first-order chi connectivity index (χ1) is 7.81. The molecule has 0 radical (unpaired) electrons. The highest BCUT2D eigenvalue weighted by molar-refractivity contribution is 7.99. The van der Waals surface area contributed by atoms with E-state index in [2.05, 4.69) is 29.0 Å². The monoisotopic (exact) mass is 257 g/mol. The maximum Gasteiger partial charge on any atom is 0.185 e. The minimum atomic E-state index is 0.961. The summed E-state index contributed by atoms with van der Waals surface area (Å²) in [4.78, 5) is 8.49. The maximum atomic E-state index is 4.68. The van der Waals surface area contributed by atoms with Crippen LogP contribution in [0.5, 0.6) is 0 Å². The summed E-state index contributed by atoms with van der Waals surface area (Å²) < 4.78 is 0. The van der Waals surface area contributed by atoms with Crippen LogP contribution in [0.3, 0.4) is 0 Å². The Kier molecular flexibility index (Phi) is 4.49. The lowest BCUT2D eigenvalue weighted by Gasteiger charge is -2.25. The highest BCUT2D eigenvalue weighted by Crippen LogP contribution is 2.27. The van der Waals surface area contributed by atoms with E-state index in [1.54, 1.807) is 0 Å². The summed E-state index contributed by atoms with van der Waals surface area (Å²) in [5, 5.41) is 4.58. The van der Waals surface area contributed by atoms with E-state index >= 15 is 0 Å². The van der Waals surface area contributed by atoms with Crippen LogP contribution < -0.4 is 10.2 Å². The van der Waals surface area contributed by atoms with E-state index in [1.807, 2.05) is 23.1 Å². The van der Waals surface area contributed by atoms with Crippen molar-refractivity contribution in [1.82, 2.24) is 10.3 Å². The second-order valence-corrected chi connectivity index (χ2v) is 6.17. The van der Waals surface area contributed by atoms with Crippen LogP contribution in [0.1, 0.15) is 17.5 Å². The molecule has 0 amide bonds. The molecule has 1 aromatic rings. The van der Waals surface area contributed by atoms with Gasteiger partial charge >= 0.3 is 0 Å². The maximum absolute atomic E-state index is 4.68. The summed E-state index contributed by atoms with van der Waals surface area (Å²) in [5.41, 5.74) is 1.19. The topological polar surface area (TPSA) is 28.2 Å². The van der Waals surface area contributed by atoms with Gasteiger partial charge in [0.15, 0.2) is 5.13 Å². The number of hydrogen-bond donors (Lipinski definition) is 1. The minimum Gasteiger partial charge on any atom is -0.346 e. The molecule has 1 N–H and O–H groups in total. The molecule has 1 aromatic heterocycles. The Morgan fingerprint density at radius 3 is 2.81 bits per heavy atom. The Labute approximate surface area is 106 Å². The zero-order valence-corrected chi connectivity index (χ0v) is 11.6. The summed E-state index contributed by atoms with van der Waals surface area (Å²) in [7, 11) is 0. The highest BCUT2D eigenvalue weighted by atomic mass is 32.2. The average Bonchev–Trinajstić information content (AvgIpc) is 2.69. The molecule has 1 saturated heterocycles. The summed E-state index contributed by atoms with van der Waals surface area (Å²) in [6.45, 7) is 8.54. The van der Waals surface area contributed by atoms with Gasteiger partial charge in [0, 0.05) is 36.0 Å². The van der Waals surface area contributed by atoms with Gasteiger partial charge in [0.25, 0.3) is 0 Å². The molecule has 3 nitrogen and oxygen atoms in total. The predicted molar refractivity (Wildman–Crippen MR) is 73.8 cm³/mol. The molecular formula is C11H19N3S2. The Morgan fingerprint density at radius 2 is 2.12 bits per heavy atom. The molecule has 2 heterocycles. The quantitative estimate of drug-likeness (QED) is 0.894. The number of nitrogens with one attached hydrogen (secondary N) is 1. The molecule has 0 aliphatic carbocycles. The molecule has 2 rings (SSSR count). The molecular weight excluding hydrogens is 238 g/mol. The molecule has 16 heavy (non-hydrogen) atoms. The smallest absolute Gasteiger partial charge is 0.185 e. The number of thiazole rings is 1. The van der Waals surface area contributed by atoms with E-state index in [0.29, 0.717) is 0 Å². The standard InChI is InChI=1S/C11H19N3S2/c1-3-12-8-10-9(2)13-11(16-10)14-4-6-15-7-5-14/h12H,3-8H2,1-2H3. The second-order valence-electron chi connectivity index (χ2n) is 3.88. The van der Waals surface area contributed by atoms with Crippen LogP contribution in [0.4, 0.5) is 5.13 Å². The summed E-state index contributed by atoms with van der Waals surface area (Å²) in [6.07, 6.45) is 0. The van der Waals surface area contributed by atoms with Gasteiger partial charge in [-0.15, -0.1) is 11.3 Å². The average molecular weight is 257 g/mol. The number of aromatic nitrogens is 1. The minimum absolute atomic E-state index is 0.961. The van der Waals surface area contributed by atoms with Crippen molar-refractivity contribution in [3.05, 3.63) is 10.6 Å². The lowest BCUT2D eigenvalue weighted by Crippen LogP contribution is -2.32. The lowest BCUT2D eigenvalue weighted by atomic mass is 10.4. The molecule has 90 valence electrons. The van der Waals surface area contributed by atoms with Crippen molar-refractivity contribution in [1.29, 1.82) is 0 Å². The summed E-state index contributed by atoms with van der Waals surface area (Å²) in [6, 6.07) is 0. The van der Waals surface area contributed by atoms with Gasteiger partial charge in [-0.3, -0.25) is 0 Å². The Morgan fingerprint density at radius 1 is 1.38 bits per heavy atom. The van der Waals surface area contributed by atoms with Gasteiger partial charge < -0.3 is 10.2 Å². The van der Waals surface area contributed by atoms with E-state index in [1.165, 1.54) is 27.2 Å². The molecule has 0 spiro atoms. The van der Waals surface area contributed by atoms with Gasteiger partial charge in [-0.25, -0.2) is 4.98 Å². The first kappa shape index (κ1) is 12.2. The van der Waals surface area contributed by atoms with E-state index in [4.69, 9.17) is 0 Å². The molecule has 0 bridgehead atoms. The van der Waals surface area contributed by atoms with Crippen LogP contribution in [0.2, 0.25) is 0 Å². The Balaban J connectivity index is 2.03. The normalized spacial score (nSPS) is 16.8. The fourth-order valence-corrected chi connectivity index (χ4v) is 3.69. The third kappa shape index (κ3) is 2.90. The number of thioether (sulfide) groups is 1. The van der Waals surface area contributed by atoms with Crippen molar-refractivity contribution in [3.63, 3.8) is 0 Å². The zero-order valence-electron chi connectivity index (χ0n) is 9.95. The number of nitrogens with zero attached hydrogens (tertiary/aromatic N) is 2. The van der Waals surface area contributed by atoms with Crippen LogP contribution in [0, 0.1) is 6.92 Å². The fourth-order valence-electron chi connectivity index (χ4n) is 1.71. The van der Waals surface area contributed by atoms with E-state index in [-0.39, 0.29) is 0 Å². The fraction of sp³-hybridized carbons (Fsp3) is 0.727. The first-order valence-corrected chi connectivity index (χ1v) is 7.78. The molecule has 0 saturated carbocycles. The van der Waals surface area contributed by atoms with Crippen molar-refractivity contribution < 1.29 is 0 Å². The largest absolute Gasteiger partial charge is 0.346 e. The number of rotatable bonds is 4. The van der Waals surface area contributed by atoms with Crippen molar-refractivity contribution in [3.8, 4) is 0 Å². The molecule has 0 unspecified atom stereocenters. The molecule has 0 atom stereocenters. The third-order valence-corrected chi connectivity index (χ3v) is 4.86. The molecule has 1 aliphatic rings. The van der Waals surface area contributed by atoms with E-state index < -0.39 is 0 Å². The van der Waals surface area contributed by atoms with E-state index in [9.17, 15) is 0 Å².